The highest BCUT2D eigenvalue weighted by molar-refractivity contribution is 6.00. The van der Waals surface area contributed by atoms with Crippen LogP contribution in [0.15, 0.2) is 91.1 Å². The Labute approximate surface area is 217 Å². The first-order valence-corrected chi connectivity index (χ1v) is 12.6. The van der Waals surface area contributed by atoms with Gasteiger partial charge in [0.2, 0.25) is 0 Å². The van der Waals surface area contributed by atoms with E-state index in [2.05, 4.69) is 34.5 Å². The molecule has 1 fully saturated rings. The summed E-state index contributed by atoms with van der Waals surface area (Å²) in [6.45, 7) is 4.38. The van der Waals surface area contributed by atoms with Crippen LogP contribution in [0.5, 0.6) is 5.75 Å². The van der Waals surface area contributed by atoms with Crippen LogP contribution in [0.25, 0.3) is 11.3 Å². The first-order valence-electron chi connectivity index (χ1n) is 12.6. The molecule has 1 N–H and O–H groups in total. The van der Waals surface area contributed by atoms with E-state index in [4.69, 9.17) is 14.6 Å². The van der Waals surface area contributed by atoms with E-state index >= 15 is 0 Å². The van der Waals surface area contributed by atoms with Gasteiger partial charge in [-0.15, -0.1) is 0 Å². The topological polar surface area (TPSA) is 68.6 Å². The van der Waals surface area contributed by atoms with E-state index in [0.29, 0.717) is 43.3 Å². The average molecular weight is 497 g/mol. The highest BCUT2D eigenvalue weighted by Crippen LogP contribution is 2.31. The van der Waals surface area contributed by atoms with Crippen molar-refractivity contribution in [1.29, 1.82) is 0 Å². The van der Waals surface area contributed by atoms with E-state index in [-0.39, 0.29) is 11.9 Å². The monoisotopic (exact) mass is 496 g/mol. The van der Waals surface area contributed by atoms with Gasteiger partial charge < -0.3 is 14.8 Å². The third-order valence-corrected chi connectivity index (χ3v) is 6.61. The van der Waals surface area contributed by atoms with Crippen LogP contribution in [-0.2, 0) is 11.3 Å². The van der Waals surface area contributed by atoms with Crippen LogP contribution in [0, 0.1) is 0 Å². The van der Waals surface area contributed by atoms with Crippen molar-refractivity contribution in [3.8, 4) is 17.0 Å². The zero-order valence-electron chi connectivity index (χ0n) is 21.0. The van der Waals surface area contributed by atoms with Crippen molar-refractivity contribution in [2.24, 2.45) is 0 Å². The highest BCUT2D eigenvalue weighted by Gasteiger charge is 2.25. The van der Waals surface area contributed by atoms with Crippen LogP contribution < -0.4 is 10.1 Å². The number of hydrogen-bond acceptors (Lipinski definition) is 5. The number of hydrogen-bond donors (Lipinski definition) is 1. The lowest BCUT2D eigenvalue weighted by molar-refractivity contribution is 0.0332. The highest BCUT2D eigenvalue weighted by atomic mass is 16.5. The van der Waals surface area contributed by atoms with Gasteiger partial charge in [0.15, 0.2) is 0 Å². The molecule has 0 bridgehead atoms. The Hall–Kier alpha value is -3.94. The quantitative estimate of drug-likeness (QED) is 0.372. The van der Waals surface area contributed by atoms with Crippen molar-refractivity contribution in [2.45, 2.75) is 12.6 Å². The molecule has 0 saturated carbocycles. The van der Waals surface area contributed by atoms with Gasteiger partial charge >= 0.3 is 0 Å². The van der Waals surface area contributed by atoms with Crippen molar-refractivity contribution >= 4 is 5.91 Å². The molecule has 1 aromatic heterocycles. The van der Waals surface area contributed by atoms with Gasteiger partial charge in [-0.25, -0.2) is 0 Å². The molecule has 5 rings (SSSR count). The minimum atomic E-state index is -0.171. The molecule has 2 heterocycles. The molecule has 0 spiro atoms. The van der Waals surface area contributed by atoms with Crippen LogP contribution in [0.4, 0.5) is 0 Å². The van der Waals surface area contributed by atoms with E-state index in [9.17, 15) is 4.79 Å². The summed E-state index contributed by atoms with van der Waals surface area (Å²) in [7, 11) is 1.63. The Morgan fingerprint density at radius 3 is 2.38 bits per heavy atom. The summed E-state index contributed by atoms with van der Waals surface area (Å²) < 4.78 is 13.0. The fourth-order valence-electron chi connectivity index (χ4n) is 4.68. The molecule has 1 amide bonds. The zero-order valence-corrected chi connectivity index (χ0v) is 21.0. The SMILES string of the molecule is COc1ccccc1-c1nn(Cc2ccccc2)cc1C(=O)NC(CN1CCOCC1)c1ccccc1. The van der Waals surface area contributed by atoms with E-state index in [1.165, 1.54) is 0 Å². The van der Waals surface area contributed by atoms with Gasteiger partial charge in [0.1, 0.15) is 11.4 Å². The fraction of sp³-hybridized carbons (Fsp3) is 0.267. The molecular weight excluding hydrogens is 464 g/mol. The summed E-state index contributed by atoms with van der Waals surface area (Å²) in [5.74, 6) is 0.511. The Bertz CT molecular complexity index is 1300. The maximum Gasteiger partial charge on any atom is 0.255 e. The lowest BCUT2D eigenvalue weighted by atomic mass is 10.0. The van der Waals surface area contributed by atoms with Gasteiger partial charge in [-0.3, -0.25) is 14.4 Å². The van der Waals surface area contributed by atoms with E-state index in [1.54, 1.807) is 7.11 Å². The number of carbonyl (C=O) groups excluding carboxylic acids is 1. The normalized spacial score (nSPS) is 14.7. The molecule has 1 saturated heterocycles. The van der Waals surface area contributed by atoms with E-state index < -0.39 is 0 Å². The molecule has 7 nitrogen and oxygen atoms in total. The first kappa shape index (κ1) is 24.7. The number of morpholine rings is 1. The number of methoxy groups -OCH3 is 1. The molecule has 1 unspecified atom stereocenters. The van der Waals surface area contributed by atoms with Crippen molar-refractivity contribution < 1.29 is 14.3 Å². The Morgan fingerprint density at radius 1 is 0.973 bits per heavy atom. The largest absolute Gasteiger partial charge is 0.496 e. The molecule has 3 aromatic carbocycles. The average Bonchev–Trinajstić information content (AvgIpc) is 3.38. The molecule has 190 valence electrons. The van der Waals surface area contributed by atoms with Crippen molar-refractivity contribution in [3.63, 3.8) is 0 Å². The second-order valence-corrected chi connectivity index (χ2v) is 9.12. The third-order valence-electron chi connectivity index (χ3n) is 6.61. The maximum absolute atomic E-state index is 13.9. The Morgan fingerprint density at radius 2 is 1.65 bits per heavy atom. The summed E-state index contributed by atoms with van der Waals surface area (Å²) in [4.78, 5) is 16.2. The molecule has 1 aliphatic rings. The van der Waals surface area contributed by atoms with E-state index in [0.717, 1.165) is 29.8 Å². The summed E-state index contributed by atoms with van der Waals surface area (Å²) >= 11 is 0. The number of para-hydroxylation sites is 1. The van der Waals surface area contributed by atoms with Crippen LogP contribution in [-0.4, -0.2) is 60.5 Å². The van der Waals surface area contributed by atoms with Crippen molar-refractivity contribution in [1.82, 2.24) is 20.0 Å². The summed E-state index contributed by atoms with van der Waals surface area (Å²) in [5.41, 5.74) is 4.08. The summed E-state index contributed by atoms with van der Waals surface area (Å²) in [6.07, 6.45) is 1.83. The van der Waals surface area contributed by atoms with Crippen LogP contribution in [0.3, 0.4) is 0 Å². The number of aromatic nitrogens is 2. The Kier molecular flexibility index (Phi) is 7.93. The number of carbonyl (C=O) groups is 1. The predicted octanol–water partition coefficient (Wildman–Crippen LogP) is 4.41. The minimum absolute atomic E-state index is 0.165. The number of nitrogens with zero attached hydrogens (tertiary/aromatic N) is 3. The lowest BCUT2D eigenvalue weighted by Gasteiger charge is -2.31. The zero-order chi connectivity index (χ0) is 25.5. The van der Waals surface area contributed by atoms with Crippen molar-refractivity contribution in [2.75, 3.05) is 40.0 Å². The van der Waals surface area contributed by atoms with Crippen LogP contribution in [0.2, 0.25) is 0 Å². The molecule has 0 radical (unpaired) electrons. The fourth-order valence-corrected chi connectivity index (χ4v) is 4.68. The lowest BCUT2D eigenvalue weighted by Crippen LogP contribution is -2.43. The minimum Gasteiger partial charge on any atom is -0.496 e. The number of ether oxygens (including phenoxy) is 2. The molecule has 4 aromatic rings. The smallest absolute Gasteiger partial charge is 0.255 e. The van der Waals surface area contributed by atoms with Gasteiger partial charge in [-0.1, -0.05) is 72.8 Å². The Balaban J connectivity index is 1.48. The summed E-state index contributed by atoms with van der Waals surface area (Å²) in [6, 6.07) is 27.7. The molecule has 7 heteroatoms. The van der Waals surface area contributed by atoms with Gasteiger partial charge in [0, 0.05) is 31.4 Å². The van der Waals surface area contributed by atoms with Crippen molar-refractivity contribution in [3.05, 3.63) is 108 Å². The molecular formula is C30H32N4O3. The van der Waals surface area contributed by atoms with E-state index in [1.807, 2.05) is 71.5 Å². The van der Waals surface area contributed by atoms with Gasteiger partial charge in [0.25, 0.3) is 5.91 Å². The standard InChI is InChI=1S/C30H32N4O3/c1-36-28-15-9-8-14-25(28)29-26(21-34(32-29)20-23-10-4-2-5-11-23)30(35)31-27(24-12-6-3-7-13-24)22-33-16-18-37-19-17-33/h2-15,21,27H,16-20,22H2,1H3,(H,31,35). The number of amides is 1. The predicted molar refractivity (Wildman–Crippen MR) is 144 cm³/mol. The van der Waals surface area contributed by atoms with Crippen LogP contribution >= 0.6 is 0 Å². The van der Waals surface area contributed by atoms with Gasteiger partial charge in [-0.05, 0) is 23.3 Å². The number of benzene rings is 3. The molecule has 37 heavy (non-hydrogen) atoms. The van der Waals surface area contributed by atoms with Gasteiger partial charge in [-0.2, -0.15) is 5.10 Å². The second kappa shape index (κ2) is 11.9. The molecule has 1 aliphatic heterocycles. The first-order chi connectivity index (χ1) is 18.2. The molecule has 0 aliphatic carbocycles. The second-order valence-electron chi connectivity index (χ2n) is 9.12. The number of rotatable bonds is 9. The number of nitrogens with one attached hydrogen (secondary N) is 1. The third kappa shape index (κ3) is 6.07. The molecule has 1 atom stereocenters. The van der Waals surface area contributed by atoms with Gasteiger partial charge in [0.05, 0.1) is 38.5 Å². The maximum atomic E-state index is 13.9. The van der Waals surface area contributed by atoms with Crippen LogP contribution in [0.1, 0.15) is 27.5 Å². The summed E-state index contributed by atoms with van der Waals surface area (Å²) in [5, 5.41) is 8.16.